The van der Waals surface area contributed by atoms with E-state index in [2.05, 4.69) is 40.8 Å². The van der Waals surface area contributed by atoms with E-state index in [0.717, 1.165) is 29.9 Å². The van der Waals surface area contributed by atoms with E-state index in [1.807, 2.05) is 18.2 Å². The molecule has 2 aromatic rings. The van der Waals surface area contributed by atoms with Gasteiger partial charge in [0.2, 0.25) is 0 Å². The Balaban J connectivity index is 2.24. The molecule has 0 unspecified atom stereocenters. The molecule has 0 aliphatic rings. The zero-order valence-corrected chi connectivity index (χ0v) is 11.7. The molecule has 0 atom stereocenters. The van der Waals surface area contributed by atoms with Crippen molar-refractivity contribution in [1.82, 2.24) is 0 Å². The average Bonchev–Trinajstić information content (AvgIpc) is 2.69. The molecule has 0 aliphatic heterocycles. The molecule has 2 rings (SSSR count). The number of rotatable bonds is 4. The van der Waals surface area contributed by atoms with Crippen LogP contribution in [-0.4, -0.2) is 5.88 Å². The molecule has 0 saturated carbocycles. The van der Waals surface area contributed by atoms with Gasteiger partial charge in [-0.3, -0.25) is 0 Å². The van der Waals surface area contributed by atoms with E-state index in [-0.39, 0.29) is 0 Å². The minimum atomic E-state index is 0.678. The quantitative estimate of drug-likeness (QED) is 0.576. The fourth-order valence-electron chi connectivity index (χ4n) is 1.55. The molecule has 3 heteroatoms. The van der Waals surface area contributed by atoms with Crippen molar-refractivity contribution < 1.29 is 4.42 Å². The van der Waals surface area contributed by atoms with Gasteiger partial charge in [-0.15, -0.1) is 11.6 Å². The van der Waals surface area contributed by atoms with Crippen LogP contribution in [0.15, 0.2) is 40.8 Å². The molecule has 0 N–H and O–H groups in total. The molecule has 0 bridgehead atoms. The van der Waals surface area contributed by atoms with Crippen molar-refractivity contribution in [3.63, 3.8) is 0 Å². The average molecular weight is 347 g/mol. The van der Waals surface area contributed by atoms with E-state index in [1.165, 1.54) is 3.57 Å². The maximum Gasteiger partial charge on any atom is 0.135 e. The lowest BCUT2D eigenvalue weighted by Crippen LogP contribution is -1.84. The van der Waals surface area contributed by atoms with Gasteiger partial charge in [-0.05, 0) is 35.1 Å². The summed E-state index contributed by atoms with van der Waals surface area (Å²) in [7, 11) is 0. The number of hydrogen-bond acceptors (Lipinski definition) is 1. The molecule has 0 amide bonds. The van der Waals surface area contributed by atoms with Crippen molar-refractivity contribution in [2.45, 2.75) is 12.8 Å². The molecule has 0 saturated heterocycles. The lowest BCUT2D eigenvalue weighted by Gasteiger charge is -1.96. The third kappa shape index (κ3) is 2.80. The SMILES string of the molecule is ClCCCc1oc(-c2ccccc2)cc1I. The summed E-state index contributed by atoms with van der Waals surface area (Å²) in [4.78, 5) is 0. The van der Waals surface area contributed by atoms with Crippen molar-refractivity contribution in [3.8, 4) is 11.3 Å². The van der Waals surface area contributed by atoms with Gasteiger partial charge in [-0.2, -0.15) is 0 Å². The summed E-state index contributed by atoms with van der Waals surface area (Å²) < 4.78 is 7.02. The summed E-state index contributed by atoms with van der Waals surface area (Å²) in [5, 5.41) is 0. The number of furan rings is 1. The summed E-state index contributed by atoms with van der Waals surface area (Å²) in [6, 6.07) is 12.2. The van der Waals surface area contributed by atoms with Crippen molar-refractivity contribution in [3.05, 3.63) is 45.7 Å². The molecule has 84 valence electrons. The predicted octanol–water partition coefficient (Wildman–Crippen LogP) is 4.72. The number of aryl methyl sites for hydroxylation is 1. The minimum absolute atomic E-state index is 0.678. The zero-order valence-electron chi connectivity index (χ0n) is 8.75. The van der Waals surface area contributed by atoms with Crippen LogP contribution in [-0.2, 0) is 6.42 Å². The monoisotopic (exact) mass is 346 g/mol. The van der Waals surface area contributed by atoms with E-state index in [0.29, 0.717) is 5.88 Å². The van der Waals surface area contributed by atoms with Gasteiger partial charge in [0.05, 0.1) is 3.57 Å². The normalized spacial score (nSPS) is 10.6. The Hall–Kier alpha value is -0.480. The Morgan fingerprint density at radius 3 is 2.62 bits per heavy atom. The highest BCUT2D eigenvalue weighted by Crippen LogP contribution is 2.27. The van der Waals surface area contributed by atoms with Crippen LogP contribution in [0.4, 0.5) is 0 Å². The molecule has 0 spiro atoms. The molecule has 1 aromatic carbocycles. The van der Waals surface area contributed by atoms with E-state index < -0.39 is 0 Å². The van der Waals surface area contributed by atoms with Gasteiger partial charge < -0.3 is 4.42 Å². The van der Waals surface area contributed by atoms with Crippen LogP contribution in [0.3, 0.4) is 0 Å². The summed E-state index contributed by atoms with van der Waals surface area (Å²) in [5.41, 5.74) is 1.12. The fourth-order valence-corrected chi connectivity index (χ4v) is 2.35. The highest BCUT2D eigenvalue weighted by Gasteiger charge is 2.09. The van der Waals surface area contributed by atoms with Crippen molar-refractivity contribution in [2.24, 2.45) is 0 Å². The highest BCUT2D eigenvalue weighted by molar-refractivity contribution is 14.1. The van der Waals surface area contributed by atoms with Crippen molar-refractivity contribution in [1.29, 1.82) is 0 Å². The summed E-state index contributed by atoms with van der Waals surface area (Å²) in [6.07, 6.45) is 1.87. The third-order valence-corrected chi connectivity index (χ3v) is 3.53. The maximum atomic E-state index is 5.84. The Morgan fingerprint density at radius 1 is 1.19 bits per heavy atom. The number of halogens is 2. The van der Waals surface area contributed by atoms with Crippen LogP contribution in [0.25, 0.3) is 11.3 Å². The first-order chi connectivity index (χ1) is 7.81. The van der Waals surface area contributed by atoms with Gasteiger partial charge in [0.15, 0.2) is 0 Å². The van der Waals surface area contributed by atoms with Gasteiger partial charge in [0, 0.05) is 17.9 Å². The highest BCUT2D eigenvalue weighted by atomic mass is 127. The van der Waals surface area contributed by atoms with Crippen LogP contribution in [0.5, 0.6) is 0 Å². The minimum Gasteiger partial charge on any atom is -0.460 e. The maximum absolute atomic E-state index is 5.84. The second-order valence-corrected chi connectivity index (χ2v) is 5.08. The molecular weight excluding hydrogens is 334 g/mol. The second kappa shape index (κ2) is 5.73. The van der Waals surface area contributed by atoms with Crippen LogP contribution in [0.2, 0.25) is 0 Å². The van der Waals surface area contributed by atoms with Gasteiger partial charge >= 0.3 is 0 Å². The van der Waals surface area contributed by atoms with E-state index in [1.54, 1.807) is 0 Å². The first-order valence-electron chi connectivity index (χ1n) is 5.21. The number of benzene rings is 1. The van der Waals surface area contributed by atoms with Gasteiger partial charge in [0.25, 0.3) is 0 Å². The van der Waals surface area contributed by atoms with Crippen LogP contribution >= 0.6 is 34.2 Å². The van der Waals surface area contributed by atoms with Crippen LogP contribution in [0.1, 0.15) is 12.2 Å². The molecule has 0 radical (unpaired) electrons. The van der Waals surface area contributed by atoms with Crippen LogP contribution in [0, 0.1) is 3.57 Å². The smallest absolute Gasteiger partial charge is 0.135 e. The molecule has 1 nitrogen and oxygen atoms in total. The van der Waals surface area contributed by atoms with Crippen LogP contribution < -0.4 is 0 Å². The molecule has 0 aliphatic carbocycles. The molecule has 1 aromatic heterocycles. The number of alkyl halides is 1. The zero-order chi connectivity index (χ0) is 11.4. The Bertz CT molecular complexity index is 450. The molecule has 16 heavy (non-hydrogen) atoms. The van der Waals surface area contributed by atoms with E-state index in [4.69, 9.17) is 16.0 Å². The van der Waals surface area contributed by atoms with E-state index >= 15 is 0 Å². The Kier molecular flexibility index (Phi) is 4.29. The second-order valence-electron chi connectivity index (χ2n) is 3.54. The lowest BCUT2D eigenvalue weighted by molar-refractivity contribution is 0.516. The topological polar surface area (TPSA) is 13.1 Å². The predicted molar refractivity (Wildman–Crippen MR) is 75.9 cm³/mol. The first-order valence-corrected chi connectivity index (χ1v) is 6.82. The van der Waals surface area contributed by atoms with Gasteiger partial charge in [-0.1, -0.05) is 30.3 Å². The largest absolute Gasteiger partial charge is 0.460 e. The van der Waals surface area contributed by atoms with Crippen molar-refractivity contribution >= 4 is 34.2 Å². The summed E-state index contributed by atoms with van der Waals surface area (Å²) >= 11 is 7.99. The molecule has 0 fully saturated rings. The molecular formula is C13H12ClIO. The van der Waals surface area contributed by atoms with Gasteiger partial charge in [-0.25, -0.2) is 0 Å². The Morgan fingerprint density at radius 2 is 1.94 bits per heavy atom. The summed E-state index contributed by atoms with van der Waals surface area (Å²) in [6.45, 7) is 0. The fraction of sp³-hybridized carbons (Fsp3) is 0.231. The third-order valence-electron chi connectivity index (χ3n) is 2.35. The standard InChI is InChI=1S/C13H12ClIO/c14-8-4-7-12-11(15)9-13(16-12)10-5-2-1-3-6-10/h1-3,5-6,9H,4,7-8H2. The van der Waals surface area contributed by atoms with Crippen molar-refractivity contribution in [2.75, 3.05) is 5.88 Å². The first kappa shape index (κ1) is 12.0. The van der Waals surface area contributed by atoms with Gasteiger partial charge in [0.1, 0.15) is 11.5 Å². The molecule has 1 heterocycles. The Labute approximate surface area is 114 Å². The van der Waals surface area contributed by atoms with E-state index in [9.17, 15) is 0 Å². The lowest BCUT2D eigenvalue weighted by atomic mass is 10.2. The number of hydrogen-bond donors (Lipinski definition) is 0. The summed E-state index contributed by atoms with van der Waals surface area (Å²) in [5.74, 6) is 2.66.